The minimum Gasteiger partial charge on any atom is -0.299 e. The SMILES string of the molecule is CC1CCC(C(C)(C)Cc2ccn(C)n2)C(=O)C1. The van der Waals surface area contributed by atoms with Gasteiger partial charge in [0.15, 0.2) is 0 Å². The fraction of sp³-hybridized carbons (Fsp3) is 0.733. The van der Waals surface area contributed by atoms with Gasteiger partial charge in [-0.1, -0.05) is 20.8 Å². The minimum atomic E-state index is 0.0194. The number of aromatic nitrogens is 2. The van der Waals surface area contributed by atoms with Crippen molar-refractivity contribution >= 4 is 5.78 Å². The van der Waals surface area contributed by atoms with Gasteiger partial charge in [0, 0.05) is 25.6 Å². The predicted molar refractivity (Wildman–Crippen MR) is 72.2 cm³/mol. The van der Waals surface area contributed by atoms with E-state index in [9.17, 15) is 4.79 Å². The molecule has 0 bridgehead atoms. The summed E-state index contributed by atoms with van der Waals surface area (Å²) in [5, 5.41) is 4.44. The number of aryl methyl sites for hydroxylation is 1. The number of ketones is 1. The van der Waals surface area contributed by atoms with E-state index in [4.69, 9.17) is 0 Å². The first-order valence-corrected chi connectivity index (χ1v) is 6.90. The van der Waals surface area contributed by atoms with Crippen LogP contribution in [-0.2, 0) is 18.3 Å². The van der Waals surface area contributed by atoms with E-state index in [2.05, 4.69) is 31.9 Å². The van der Waals surface area contributed by atoms with Crippen LogP contribution in [0.5, 0.6) is 0 Å². The van der Waals surface area contributed by atoms with Crippen molar-refractivity contribution in [2.24, 2.45) is 24.3 Å². The molecule has 2 rings (SSSR count). The average molecular weight is 248 g/mol. The van der Waals surface area contributed by atoms with E-state index < -0.39 is 0 Å². The summed E-state index contributed by atoms with van der Waals surface area (Å²) in [6, 6.07) is 2.05. The Bertz CT molecular complexity index is 433. The number of hydrogen-bond acceptors (Lipinski definition) is 2. The van der Waals surface area contributed by atoms with Crippen molar-refractivity contribution in [1.82, 2.24) is 9.78 Å². The largest absolute Gasteiger partial charge is 0.299 e. The Hall–Kier alpha value is -1.12. The second kappa shape index (κ2) is 4.87. The van der Waals surface area contributed by atoms with Gasteiger partial charge < -0.3 is 0 Å². The van der Waals surface area contributed by atoms with Gasteiger partial charge in [0.1, 0.15) is 5.78 Å². The highest BCUT2D eigenvalue weighted by Crippen LogP contribution is 2.39. The summed E-state index contributed by atoms with van der Waals surface area (Å²) in [6.45, 7) is 6.60. The van der Waals surface area contributed by atoms with Gasteiger partial charge >= 0.3 is 0 Å². The van der Waals surface area contributed by atoms with Gasteiger partial charge in [0.25, 0.3) is 0 Å². The van der Waals surface area contributed by atoms with Crippen LogP contribution < -0.4 is 0 Å². The molecule has 0 N–H and O–H groups in total. The Kier molecular flexibility index (Phi) is 3.60. The second-order valence-corrected chi connectivity index (χ2v) is 6.55. The second-order valence-electron chi connectivity index (χ2n) is 6.55. The van der Waals surface area contributed by atoms with Crippen LogP contribution in [0.4, 0.5) is 0 Å². The van der Waals surface area contributed by atoms with E-state index in [1.165, 1.54) is 6.42 Å². The molecular weight excluding hydrogens is 224 g/mol. The van der Waals surface area contributed by atoms with E-state index >= 15 is 0 Å². The lowest BCUT2D eigenvalue weighted by molar-refractivity contribution is -0.129. The van der Waals surface area contributed by atoms with Crippen LogP contribution in [0.1, 0.15) is 45.7 Å². The molecule has 0 spiro atoms. The van der Waals surface area contributed by atoms with Gasteiger partial charge in [-0.15, -0.1) is 0 Å². The molecule has 100 valence electrons. The summed E-state index contributed by atoms with van der Waals surface area (Å²) in [4.78, 5) is 12.2. The Balaban J connectivity index is 2.08. The zero-order chi connectivity index (χ0) is 13.3. The molecule has 1 saturated carbocycles. The molecule has 0 radical (unpaired) electrons. The lowest BCUT2D eigenvalue weighted by Gasteiger charge is -2.37. The van der Waals surface area contributed by atoms with Crippen LogP contribution in [0.25, 0.3) is 0 Å². The van der Waals surface area contributed by atoms with Gasteiger partial charge in [0.2, 0.25) is 0 Å². The van der Waals surface area contributed by atoms with Crippen molar-refractivity contribution in [1.29, 1.82) is 0 Å². The van der Waals surface area contributed by atoms with Crippen molar-refractivity contribution in [3.05, 3.63) is 18.0 Å². The Labute approximate surface area is 110 Å². The molecule has 3 heteroatoms. The van der Waals surface area contributed by atoms with Gasteiger partial charge in [-0.25, -0.2) is 0 Å². The van der Waals surface area contributed by atoms with Gasteiger partial charge in [-0.2, -0.15) is 5.10 Å². The van der Waals surface area contributed by atoms with Crippen LogP contribution in [0.3, 0.4) is 0 Å². The number of rotatable bonds is 3. The van der Waals surface area contributed by atoms with Crippen molar-refractivity contribution < 1.29 is 4.79 Å². The van der Waals surface area contributed by atoms with E-state index in [0.29, 0.717) is 11.7 Å². The number of Topliss-reactive ketones (excluding diaryl/α,β-unsaturated/α-hetero) is 1. The molecular formula is C15H24N2O. The number of carbonyl (C=O) groups is 1. The molecule has 3 nitrogen and oxygen atoms in total. The van der Waals surface area contributed by atoms with Crippen LogP contribution in [-0.4, -0.2) is 15.6 Å². The summed E-state index contributed by atoms with van der Waals surface area (Å²) < 4.78 is 1.83. The maximum absolute atomic E-state index is 12.2. The number of carbonyl (C=O) groups excluding carboxylic acids is 1. The van der Waals surface area contributed by atoms with Crippen molar-refractivity contribution in [3.63, 3.8) is 0 Å². The predicted octanol–water partition coefficient (Wildman–Crippen LogP) is 2.99. The maximum Gasteiger partial charge on any atom is 0.136 e. The fourth-order valence-corrected chi connectivity index (χ4v) is 3.17. The topological polar surface area (TPSA) is 34.9 Å². The summed E-state index contributed by atoms with van der Waals surface area (Å²) in [5.74, 6) is 1.23. The molecule has 1 heterocycles. The fourth-order valence-electron chi connectivity index (χ4n) is 3.17. The summed E-state index contributed by atoms with van der Waals surface area (Å²) in [6.07, 6.45) is 5.84. The van der Waals surface area contributed by atoms with E-state index in [1.54, 1.807) is 0 Å². The molecule has 1 fully saturated rings. The Morgan fingerprint density at radius 1 is 1.44 bits per heavy atom. The highest BCUT2D eigenvalue weighted by molar-refractivity contribution is 5.82. The molecule has 0 aliphatic heterocycles. The third-order valence-corrected chi connectivity index (χ3v) is 4.24. The van der Waals surface area contributed by atoms with E-state index in [-0.39, 0.29) is 11.3 Å². The van der Waals surface area contributed by atoms with Crippen LogP contribution in [0, 0.1) is 17.3 Å². The smallest absolute Gasteiger partial charge is 0.136 e. The maximum atomic E-state index is 12.2. The lowest BCUT2D eigenvalue weighted by Crippen LogP contribution is -2.37. The third kappa shape index (κ3) is 2.82. The molecule has 1 aliphatic carbocycles. The zero-order valence-corrected chi connectivity index (χ0v) is 11.9. The summed E-state index contributed by atoms with van der Waals surface area (Å²) in [5.41, 5.74) is 1.11. The highest BCUT2D eigenvalue weighted by atomic mass is 16.1. The normalized spacial score (nSPS) is 25.4. The summed E-state index contributed by atoms with van der Waals surface area (Å²) >= 11 is 0. The lowest BCUT2D eigenvalue weighted by atomic mass is 9.66. The average Bonchev–Trinajstić information content (AvgIpc) is 2.62. The monoisotopic (exact) mass is 248 g/mol. The molecule has 0 aromatic carbocycles. The molecule has 1 aromatic heterocycles. The zero-order valence-electron chi connectivity index (χ0n) is 11.9. The number of hydrogen-bond donors (Lipinski definition) is 0. The van der Waals surface area contributed by atoms with Crippen molar-refractivity contribution in [3.8, 4) is 0 Å². The highest BCUT2D eigenvalue weighted by Gasteiger charge is 2.38. The van der Waals surface area contributed by atoms with E-state index in [0.717, 1.165) is 25.0 Å². The summed E-state index contributed by atoms with van der Waals surface area (Å²) in [7, 11) is 1.93. The molecule has 0 saturated heterocycles. The molecule has 2 unspecified atom stereocenters. The molecule has 18 heavy (non-hydrogen) atoms. The minimum absolute atomic E-state index is 0.0194. The Morgan fingerprint density at radius 2 is 2.17 bits per heavy atom. The molecule has 0 amide bonds. The Morgan fingerprint density at radius 3 is 2.72 bits per heavy atom. The number of nitrogens with zero attached hydrogens (tertiary/aromatic N) is 2. The van der Waals surface area contributed by atoms with Crippen LogP contribution >= 0.6 is 0 Å². The molecule has 2 atom stereocenters. The first-order valence-electron chi connectivity index (χ1n) is 6.90. The van der Waals surface area contributed by atoms with Gasteiger partial charge in [0.05, 0.1) is 5.69 Å². The first-order chi connectivity index (χ1) is 8.38. The first kappa shape index (κ1) is 13.3. The molecule has 1 aliphatic rings. The molecule has 1 aromatic rings. The quantitative estimate of drug-likeness (QED) is 0.824. The van der Waals surface area contributed by atoms with Crippen LogP contribution in [0.15, 0.2) is 12.3 Å². The third-order valence-electron chi connectivity index (χ3n) is 4.24. The van der Waals surface area contributed by atoms with E-state index in [1.807, 2.05) is 17.9 Å². The van der Waals surface area contributed by atoms with Crippen molar-refractivity contribution in [2.75, 3.05) is 0 Å². The van der Waals surface area contributed by atoms with Gasteiger partial charge in [-0.3, -0.25) is 9.48 Å². The standard InChI is InChI=1S/C15H24N2O/c1-11-5-6-13(14(18)9-11)15(2,3)10-12-7-8-17(4)16-12/h7-8,11,13H,5-6,9-10H2,1-4H3. The van der Waals surface area contributed by atoms with Gasteiger partial charge in [-0.05, 0) is 36.7 Å². The van der Waals surface area contributed by atoms with Crippen molar-refractivity contribution in [2.45, 2.75) is 46.5 Å². The van der Waals surface area contributed by atoms with Crippen LogP contribution in [0.2, 0.25) is 0 Å².